The minimum absolute atomic E-state index is 0.0384. The molecule has 0 aliphatic heterocycles. The van der Waals surface area contributed by atoms with Crippen LogP contribution >= 0.6 is 15.9 Å². The molecule has 0 amide bonds. The molecule has 2 nitrogen and oxygen atoms in total. The second-order valence-electron chi connectivity index (χ2n) is 5.29. The lowest BCUT2D eigenvalue weighted by atomic mass is 9.89. The van der Waals surface area contributed by atoms with E-state index in [4.69, 9.17) is 10.5 Å². The van der Waals surface area contributed by atoms with E-state index in [0.717, 1.165) is 10.4 Å². The van der Waals surface area contributed by atoms with Crippen molar-refractivity contribution in [2.45, 2.75) is 44.8 Å². The molecule has 1 saturated carbocycles. The molecule has 1 atom stereocenters. The van der Waals surface area contributed by atoms with Crippen LogP contribution in [0.15, 0.2) is 28.7 Å². The average molecular weight is 312 g/mol. The van der Waals surface area contributed by atoms with Crippen molar-refractivity contribution >= 4 is 15.9 Å². The van der Waals surface area contributed by atoms with Gasteiger partial charge in [-0.25, -0.2) is 0 Å². The average Bonchev–Trinajstić information content (AvgIpc) is 2.39. The van der Waals surface area contributed by atoms with E-state index >= 15 is 0 Å². The van der Waals surface area contributed by atoms with Gasteiger partial charge in [0.15, 0.2) is 0 Å². The van der Waals surface area contributed by atoms with E-state index in [1.807, 2.05) is 12.1 Å². The van der Waals surface area contributed by atoms with Gasteiger partial charge in [-0.05, 0) is 49.3 Å². The van der Waals surface area contributed by atoms with Crippen molar-refractivity contribution in [1.29, 1.82) is 0 Å². The molecule has 0 heterocycles. The van der Waals surface area contributed by atoms with Crippen molar-refractivity contribution < 1.29 is 4.74 Å². The molecule has 1 fully saturated rings. The Balaban J connectivity index is 1.94. The minimum Gasteiger partial charge on any atom is -0.369 e. The van der Waals surface area contributed by atoms with E-state index in [-0.39, 0.29) is 6.10 Å². The number of halogens is 1. The van der Waals surface area contributed by atoms with Crippen LogP contribution in [0.2, 0.25) is 0 Å². The maximum atomic E-state index is 6.17. The molecule has 2 N–H and O–H groups in total. The molecule has 0 saturated heterocycles. The van der Waals surface area contributed by atoms with Gasteiger partial charge in [0.1, 0.15) is 0 Å². The van der Waals surface area contributed by atoms with Crippen molar-refractivity contribution in [3.63, 3.8) is 0 Å². The molecule has 1 aliphatic rings. The molecule has 100 valence electrons. The van der Waals surface area contributed by atoms with Crippen LogP contribution in [-0.4, -0.2) is 12.6 Å². The number of hydrogen-bond donors (Lipinski definition) is 1. The lowest BCUT2D eigenvalue weighted by molar-refractivity contribution is -0.0327. The Bertz CT molecular complexity index is 357. The highest BCUT2D eigenvalue weighted by Crippen LogP contribution is 2.29. The fraction of sp³-hybridized carbons (Fsp3) is 0.600. The van der Waals surface area contributed by atoms with Crippen molar-refractivity contribution in [3.8, 4) is 0 Å². The predicted molar refractivity (Wildman–Crippen MR) is 78.4 cm³/mol. The van der Waals surface area contributed by atoms with Gasteiger partial charge >= 0.3 is 0 Å². The Morgan fingerprint density at radius 1 is 1.22 bits per heavy atom. The first-order chi connectivity index (χ1) is 8.69. The molecule has 1 aromatic rings. The standard InChI is InChI=1S/C15H22BrNO/c1-11-2-8-14(9-3-11)18-15(10-17)12-4-6-13(16)7-5-12/h4-7,11,14-15H,2-3,8-10,17H2,1H3. The number of rotatable bonds is 4. The zero-order valence-corrected chi connectivity index (χ0v) is 12.5. The van der Waals surface area contributed by atoms with E-state index in [0.29, 0.717) is 12.6 Å². The van der Waals surface area contributed by atoms with Gasteiger partial charge in [-0.1, -0.05) is 35.0 Å². The third kappa shape index (κ3) is 3.81. The summed E-state index contributed by atoms with van der Waals surface area (Å²) < 4.78 is 7.27. The molecule has 1 aromatic carbocycles. The van der Waals surface area contributed by atoms with Crippen LogP contribution in [0.25, 0.3) is 0 Å². The van der Waals surface area contributed by atoms with Gasteiger partial charge in [-0.3, -0.25) is 0 Å². The fourth-order valence-electron chi connectivity index (χ4n) is 2.55. The summed E-state index contributed by atoms with van der Waals surface area (Å²) in [6.07, 6.45) is 5.34. The molecule has 0 aromatic heterocycles. The minimum atomic E-state index is 0.0384. The van der Waals surface area contributed by atoms with Crippen LogP contribution in [0.4, 0.5) is 0 Å². The molecule has 0 bridgehead atoms. The first-order valence-corrected chi connectivity index (χ1v) is 7.59. The Hall–Kier alpha value is -0.380. The zero-order chi connectivity index (χ0) is 13.0. The second-order valence-corrected chi connectivity index (χ2v) is 6.21. The summed E-state index contributed by atoms with van der Waals surface area (Å²) in [7, 11) is 0. The topological polar surface area (TPSA) is 35.2 Å². The lowest BCUT2D eigenvalue weighted by Gasteiger charge is -2.30. The summed E-state index contributed by atoms with van der Waals surface area (Å²) in [5.41, 5.74) is 7.03. The van der Waals surface area contributed by atoms with E-state index in [1.165, 1.54) is 31.2 Å². The summed E-state index contributed by atoms with van der Waals surface area (Å²) in [4.78, 5) is 0. The van der Waals surface area contributed by atoms with E-state index < -0.39 is 0 Å². The SMILES string of the molecule is CC1CCC(OC(CN)c2ccc(Br)cc2)CC1. The van der Waals surface area contributed by atoms with Gasteiger partial charge in [0.2, 0.25) is 0 Å². The second kappa shape index (κ2) is 6.69. The molecule has 1 aliphatic carbocycles. The van der Waals surface area contributed by atoms with Crippen molar-refractivity contribution in [2.75, 3.05) is 6.54 Å². The van der Waals surface area contributed by atoms with Crippen molar-refractivity contribution in [3.05, 3.63) is 34.3 Å². The lowest BCUT2D eigenvalue weighted by Crippen LogP contribution is -2.26. The van der Waals surface area contributed by atoms with Crippen LogP contribution in [0, 0.1) is 5.92 Å². The number of benzene rings is 1. The molecular formula is C15H22BrNO. The molecule has 0 spiro atoms. The Kier molecular flexibility index (Phi) is 5.22. The van der Waals surface area contributed by atoms with Gasteiger partial charge in [0, 0.05) is 11.0 Å². The monoisotopic (exact) mass is 311 g/mol. The highest BCUT2D eigenvalue weighted by Gasteiger charge is 2.22. The largest absolute Gasteiger partial charge is 0.369 e. The van der Waals surface area contributed by atoms with Crippen LogP contribution in [0.5, 0.6) is 0 Å². The van der Waals surface area contributed by atoms with E-state index in [2.05, 4.69) is 35.0 Å². The highest BCUT2D eigenvalue weighted by atomic mass is 79.9. The Morgan fingerprint density at radius 2 is 1.83 bits per heavy atom. The third-order valence-electron chi connectivity index (χ3n) is 3.78. The van der Waals surface area contributed by atoms with Gasteiger partial charge in [-0.2, -0.15) is 0 Å². The highest BCUT2D eigenvalue weighted by molar-refractivity contribution is 9.10. The first kappa shape index (κ1) is 14.0. The normalized spacial score (nSPS) is 25.9. The molecule has 1 unspecified atom stereocenters. The Labute approximate surface area is 118 Å². The quantitative estimate of drug-likeness (QED) is 0.910. The third-order valence-corrected chi connectivity index (χ3v) is 4.30. The maximum absolute atomic E-state index is 6.17. The number of nitrogens with two attached hydrogens (primary N) is 1. The van der Waals surface area contributed by atoms with Crippen molar-refractivity contribution in [1.82, 2.24) is 0 Å². The van der Waals surface area contributed by atoms with Gasteiger partial charge < -0.3 is 10.5 Å². The van der Waals surface area contributed by atoms with E-state index in [1.54, 1.807) is 0 Å². The molecular weight excluding hydrogens is 290 g/mol. The summed E-state index contributed by atoms with van der Waals surface area (Å²) >= 11 is 3.45. The molecule has 3 heteroatoms. The fourth-order valence-corrected chi connectivity index (χ4v) is 2.81. The van der Waals surface area contributed by atoms with Gasteiger partial charge in [-0.15, -0.1) is 0 Å². The first-order valence-electron chi connectivity index (χ1n) is 6.80. The van der Waals surface area contributed by atoms with Crippen LogP contribution in [0.3, 0.4) is 0 Å². The smallest absolute Gasteiger partial charge is 0.0950 e. The van der Waals surface area contributed by atoms with Crippen LogP contribution in [-0.2, 0) is 4.74 Å². The predicted octanol–water partition coefficient (Wildman–Crippen LogP) is 4.04. The summed E-state index contributed by atoms with van der Waals surface area (Å²) in [5, 5.41) is 0. The van der Waals surface area contributed by atoms with Gasteiger partial charge in [0.05, 0.1) is 12.2 Å². The summed E-state index contributed by atoms with van der Waals surface area (Å²) in [6.45, 7) is 2.87. The van der Waals surface area contributed by atoms with Crippen LogP contribution < -0.4 is 5.73 Å². The summed E-state index contributed by atoms with van der Waals surface area (Å²) in [6, 6.07) is 8.27. The number of ether oxygens (including phenoxy) is 1. The van der Waals surface area contributed by atoms with Crippen molar-refractivity contribution in [2.24, 2.45) is 11.7 Å². The van der Waals surface area contributed by atoms with E-state index in [9.17, 15) is 0 Å². The number of hydrogen-bond acceptors (Lipinski definition) is 2. The molecule has 2 rings (SSSR count). The molecule has 18 heavy (non-hydrogen) atoms. The molecule has 0 radical (unpaired) electrons. The summed E-state index contributed by atoms with van der Waals surface area (Å²) in [5.74, 6) is 0.855. The Morgan fingerprint density at radius 3 is 2.39 bits per heavy atom. The zero-order valence-electron chi connectivity index (χ0n) is 10.9. The van der Waals surface area contributed by atoms with Gasteiger partial charge in [0.25, 0.3) is 0 Å². The maximum Gasteiger partial charge on any atom is 0.0950 e. The van der Waals surface area contributed by atoms with Crippen LogP contribution in [0.1, 0.15) is 44.3 Å².